The zero-order valence-corrected chi connectivity index (χ0v) is 17.1. The van der Waals surface area contributed by atoms with Crippen molar-refractivity contribution < 1.29 is 27.8 Å². The Morgan fingerprint density at radius 3 is 2.50 bits per heavy atom. The summed E-state index contributed by atoms with van der Waals surface area (Å²) in [6.07, 6.45) is 2.23. The molecule has 32 heavy (non-hydrogen) atoms. The second-order valence-corrected chi connectivity index (χ2v) is 7.13. The maximum absolute atomic E-state index is 14.2. The number of pyridine rings is 1. The molecule has 1 heterocycles. The van der Waals surface area contributed by atoms with Crippen LogP contribution in [-0.2, 0) is 22.5 Å². The lowest BCUT2D eigenvalue weighted by Gasteiger charge is -2.13. The van der Waals surface area contributed by atoms with E-state index in [1.165, 1.54) is 43.6 Å². The Kier molecular flexibility index (Phi) is 7.27. The summed E-state index contributed by atoms with van der Waals surface area (Å²) in [6, 6.07) is 10.3. The fourth-order valence-electron chi connectivity index (χ4n) is 3.20. The minimum absolute atomic E-state index is 0.0318. The number of methoxy groups -OCH3 is 1. The van der Waals surface area contributed by atoms with Gasteiger partial charge in [0.25, 0.3) is 5.56 Å². The van der Waals surface area contributed by atoms with Crippen LogP contribution in [0.15, 0.2) is 65.6 Å². The number of nitrogens with zero attached hydrogens (tertiary/aromatic N) is 1. The molecule has 0 aliphatic rings. The quantitative estimate of drug-likeness (QED) is 0.422. The molecular weight excluding hydrogens is 423 g/mol. The van der Waals surface area contributed by atoms with Crippen LogP contribution in [0.25, 0.3) is 5.76 Å². The molecule has 2 aromatic carbocycles. The van der Waals surface area contributed by atoms with Gasteiger partial charge in [0.15, 0.2) is 5.78 Å². The number of ether oxygens (including phenoxy) is 1. The van der Waals surface area contributed by atoms with Crippen LogP contribution in [0.4, 0.5) is 13.2 Å². The first-order valence-electron chi connectivity index (χ1n) is 9.62. The second kappa shape index (κ2) is 10.1. The van der Waals surface area contributed by atoms with E-state index < -0.39 is 34.6 Å². The van der Waals surface area contributed by atoms with Crippen molar-refractivity contribution in [3.63, 3.8) is 0 Å². The number of aliphatic hydroxyl groups is 1. The Balaban J connectivity index is 2.09. The van der Waals surface area contributed by atoms with Gasteiger partial charge in [0.2, 0.25) is 0 Å². The molecule has 1 aromatic heterocycles. The van der Waals surface area contributed by atoms with E-state index in [1.54, 1.807) is 6.07 Å². The van der Waals surface area contributed by atoms with Gasteiger partial charge in [-0.25, -0.2) is 13.2 Å². The highest BCUT2D eigenvalue weighted by Gasteiger charge is 2.15. The van der Waals surface area contributed by atoms with Gasteiger partial charge in [-0.05, 0) is 29.3 Å². The summed E-state index contributed by atoms with van der Waals surface area (Å²) >= 11 is 0. The van der Waals surface area contributed by atoms with E-state index in [-0.39, 0.29) is 36.3 Å². The van der Waals surface area contributed by atoms with Crippen LogP contribution in [0.3, 0.4) is 0 Å². The summed E-state index contributed by atoms with van der Waals surface area (Å²) in [6.45, 7) is -0.453. The number of hydrogen-bond acceptors (Lipinski definition) is 4. The molecule has 1 N–H and O–H groups in total. The molecule has 0 amide bonds. The Morgan fingerprint density at radius 2 is 1.81 bits per heavy atom. The molecule has 3 aromatic rings. The molecule has 3 rings (SSSR count). The maximum Gasteiger partial charge on any atom is 0.261 e. The molecule has 0 aliphatic heterocycles. The predicted octanol–water partition coefficient (Wildman–Crippen LogP) is 4.02. The number of hydrogen-bond donors (Lipinski definition) is 1. The number of aromatic nitrogens is 1. The lowest BCUT2D eigenvalue weighted by molar-refractivity contribution is -0.118. The van der Waals surface area contributed by atoms with E-state index in [2.05, 4.69) is 0 Å². The third-order valence-electron chi connectivity index (χ3n) is 4.71. The number of benzene rings is 2. The van der Waals surface area contributed by atoms with Crippen molar-refractivity contribution in [3.05, 3.63) is 111 Å². The summed E-state index contributed by atoms with van der Waals surface area (Å²) in [5.74, 6) is -3.19. The lowest BCUT2D eigenvalue weighted by Crippen LogP contribution is -2.25. The Hall–Kier alpha value is -3.65. The molecule has 0 bridgehead atoms. The van der Waals surface area contributed by atoms with Crippen LogP contribution in [0.5, 0.6) is 0 Å². The van der Waals surface area contributed by atoms with Crippen molar-refractivity contribution in [3.8, 4) is 0 Å². The van der Waals surface area contributed by atoms with E-state index in [9.17, 15) is 27.9 Å². The second-order valence-electron chi connectivity index (χ2n) is 7.13. The molecule has 8 heteroatoms. The summed E-state index contributed by atoms with van der Waals surface area (Å²) in [5.41, 5.74) is -0.112. The predicted molar refractivity (Wildman–Crippen MR) is 113 cm³/mol. The minimum atomic E-state index is -0.770. The van der Waals surface area contributed by atoms with E-state index in [0.29, 0.717) is 5.56 Å². The Morgan fingerprint density at radius 1 is 1.06 bits per heavy atom. The third kappa shape index (κ3) is 5.53. The molecule has 0 fully saturated rings. The van der Waals surface area contributed by atoms with Crippen LogP contribution >= 0.6 is 0 Å². The molecule has 0 saturated carbocycles. The SMILES string of the molecule is COCC(=O)C=C(O)c1cc(Cc2ccc(F)cc2F)cn(Cc2ccccc2F)c1=O. The molecule has 0 atom stereocenters. The number of rotatable bonds is 8. The monoisotopic (exact) mass is 443 g/mol. The van der Waals surface area contributed by atoms with E-state index in [0.717, 1.165) is 22.8 Å². The van der Waals surface area contributed by atoms with Crippen LogP contribution in [-0.4, -0.2) is 29.2 Å². The van der Waals surface area contributed by atoms with Crippen molar-refractivity contribution in [2.75, 3.05) is 13.7 Å². The summed E-state index contributed by atoms with van der Waals surface area (Å²) in [4.78, 5) is 24.8. The van der Waals surface area contributed by atoms with E-state index in [4.69, 9.17) is 4.74 Å². The van der Waals surface area contributed by atoms with Crippen molar-refractivity contribution in [2.45, 2.75) is 13.0 Å². The van der Waals surface area contributed by atoms with Gasteiger partial charge in [-0.3, -0.25) is 9.59 Å². The van der Waals surface area contributed by atoms with Crippen molar-refractivity contribution in [1.82, 2.24) is 4.57 Å². The molecule has 0 spiro atoms. The number of aliphatic hydroxyl groups excluding tert-OH is 1. The fourth-order valence-corrected chi connectivity index (χ4v) is 3.20. The average Bonchev–Trinajstić information content (AvgIpc) is 2.74. The molecule has 5 nitrogen and oxygen atoms in total. The smallest absolute Gasteiger partial charge is 0.261 e. The molecular formula is C24H20F3NO4. The first kappa shape index (κ1) is 23.0. The summed E-state index contributed by atoms with van der Waals surface area (Å²) in [5, 5.41) is 10.4. The number of ketones is 1. The van der Waals surface area contributed by atoms with Gasteiger partial charge in [-0.15, -0.1) is 0 Å². The van der Waals surface area contributed by atoms with Gasteiger partial charge in [0, 0.05) is 37.4 Å². The fraction of sp³-hybridized carbons (Fsp3) is 0.167. The van der Waals surface area contributed by atoms with Crippen molar-refractivity contribution in [1.29, 1.82) is 0 Å². The van der Waals surface area contributed by atoms with Gasteiger partial charge in [-0.2, -0.15) is 0 Å². The number of halogens is 3. The van der Waals surface area contributed by atoms with Gasteiger partial charge >= 0.3 is 0 Å². The Bertz CT molecular complexity index is 1230. The summed E-state index contributed by atoms with van der Waals surface area (Å²) in [7, 11) is 1.31. The highest BCUT2D eigenvalue weighted by Crippen LogP contribution is 2.18. The van der Waals surface area contributed by atoms with Crippen molar-refractivity contribution >= 4 is 11.5 Å². The van der Waals surface area contributed by atoms with Crippen LogP contribution in [0.1, 0.15) is 22.3 Å². The molecule has 0 saturated heterocycles. The van der Waals surface area contributed by atoms with Crippen LogP contribution in [0.2, 0.25) is 0 Å². The number of carbonyl (C=O) groups is 1. The largest absolute Gasteiger partial charge is 0.507 e. The average molecular weight is 443 g/mol. The lowest BCUT2D eigenvalue weighted by atomic mass is 10.0. The zero-order valence-electron chi connectivity index (χ0n) is 17.1. The maximum atomic E-state index is 14.2. The molecule has 0 aliphatic carbocycles. The first-order chi connectivity index (χ1) is 15.3. The van der Waals surface area contributed by atoms with Gasteiger partial charge in [0.05, 0.1) is 12.1 Å². The van der Waals surface area contributed by atoms with Gasteiger partial charge in [0.1, 0.15) is 29.8 Å². The molecule has 0 unspecified atom stereocenters. The summed E-state index contributed by atoms with van der Waals surface area (Å²) < 4.78 is 47.4. The molecule has 0 radical (unpaired) electrons. The Labute approximate surface area is 182 Å². The minimum Gasteiger partial charge on any atom is -0.507 e. The van der Waals surface area contributed by atoms with Crippen LogP contribution < -0.4 is 5.56 Å². The normalized spacial score (nSPS) is 11.6. The van der Waals surface area contributed by atoms with E-state index in [1.807, 2.05) is 0 Å². The third-order valence-corrected chi connectivity index (χ3v) is 4.71. The number of carbonyl (C=O) groups excluding carboxylic acids is 1. The van der Waals surface area contributed by atoms with Gasteiger partial charge < -0.3 is 14.4 Å². The topological polar surface area (TPSA) is 68.5 Å². The highest BCUT2D eigenvalue weighted by molar-refractivity contribution is 5.96. The van der Waals surface area contributed by atoms with E-state index >= 15 is 0 Å². The first-order valence-corrected chi connectivity index (χ1v) is 9.62. The van der Waals surface area contributed by atoms with Gasteiger partial charge in [-0.1, -0.05) is 24.3 Å². The van der Waals surface area contributed by atoms with Crippen LogP contribution in [0, 0.1) is 17.5 Å². The highest BCUT2D eigenvalue weighted by atomic mass is 19.1. The standard InChI is InChI=1S/C24H20F3NO4/c1-32-14-19(29)11-23(30)20-9-15(8-16-6-7-18(25)10-22(16)27)12-28(24(20)31)13-17-4-2-3-5-21(17)26/h2-7,9-12,30H,8,13-14H2,1H3. The zero-order chi connectivity index (χ0) is 23.3. The van der Waals surface area contributed by atoms with Crippen molar-refractivity contribution in [2.24, 2.45) is 0 Å². The molecule has 166 valence electrons.